The predicted octanol–water partition coefficient (Wildman–Crippen LogP) is 0.381. The van der Waals surface area contributed by atoms with Crippen LogP contribution >= 0.6 is 0 Å². The predicted molar refractivity (Wildman–Crippen MR) is 56.1 cm³/mol. The monoisotopic (exact) mass is 210 g/mol. The van der Waals surface area contributed by atoms with E-state index < -0.39 is 0 Å². The molecule has 2 heterocycles. The highest BCUT2D eigenvalue weighted by molar-refractivity contribution is 5.89. The van der Waals surface area contributed by atoms with Crippen LogP contribution in [0, 0.1) is 11.8 Å². The topological polar surface area (TPSA) is 49.4 Å². The van der Waals surface area contributed by atoms with Gasteiger partial charge in [-0.15, -0.1) is 0 Å². The van der Waals surface area contributed by atoms with Gasteiger partial charge in [0.2, 0.25) is 11.8 Å². The number of nitrogens with one attached hydrogen (secondary N) is 1. The van der Waals surface area contributed by atoms with Crippen molar-refractivity contribution in [1.82, 2.24) is 10.2 Å². The molecule has 0 spiro atoms. The number of rotatable bonds is 2. The second-order valence-electron chi connectivity index (χ2n) is 4.55. The molecule has 2 rings (SSSR count). The lowest BCUT2D eigenvalue weighted by molar-refractivity contribution is -0.134. The van der Waals surface area contributed by atoms with Gasteiger partial charge in [-0.3, -0.25) is 9.59 Å². The maximum atomic E-state index is 12.0. The molecule has 0 aromatic carbocycles. The van der Waals surface area contributed by atoms with E-state index in [9.17, 15) is 9.59 Å². The second-order valence-corrected chi connectivity index (χ2v) is 4.55. The van der Waals surface area contributed by atoms with Gasteiger partial charge in [0.15, 0.2) is 0 Å². The van der Waals surface area contributed by atoms with Crippen LogP contribution in [0.15, 0.2) is 0 Å². The molecule has 0 saturated carbocycles. The number of nitrogens with zero attached hydrogens (tertiary/aromatic N) is 1. The van der Waals surface area contributed by atoms with Gasteiger partial charge >= 0.3 is 0 Å². The van der Waals surface area contributed by atoms with E-state index in [4.69, 9.17) is 0 Å². The number of carbonyl (C=O) groups excluding carboxylic acids is 2. The first kappa shape index (κ1) is 10.5. The van der Waals surface area contributed by atoms with Gasteiger partial charge in [-0.2, -0.15) is 0 Å². The normalized spacial score (nSPS) is 30.7. The Morgan fingerprint density at radius 3 is 2.93 bits per heavy atom. The van der Waals surface area contributed by atoms with Crippen LogP contribution in [0.5, 0.6) is 0 Å². The Kier molecular flexibility index (Phi) is 2.93. The summed E-state index contributed by atoms with van der Waals surface area (Å²) in [4.78, 5) is 24.9. The van der Waals surface area contributed by atoms with Crippen molar-refractivity contribution < 1.29 is 9.59 Å². The Morgan fingerprint density at radius 1 is 1.60 bits per heavy atom. The van der Waals surface area contributed by atoms with E-state index in [0.29, 0.717) is 18.9 Å². The third kappa shape index (κ3) is 2.13. The van der Waals surface area contributed by atoms with Crippen molar-refractivity contribution in [3.63, 3.8) is 0 Å². The molecule has 0 radical (unpaired) electrons. The average molecular weight is 210 g/mol. The van der Waals surface area contributed by atoms with Crippen molar-refractivity contribution >= 4 is 11.8 Å². The number of carbonyl (C=O) groups is 2. The molecule has 2 atom stereocenters. The first-order valence-corrected chi connectivity index (χ1v) is 5.76. The lowest BCUT2D eigenvalue weighted by Gasteiger charge is -2.19. The van der Waals surface area contributed by atoms with Gasteiger partial charge in [0, 0.05) is 26.1 Å². The molecule has 15 heavy (non-hydrogen) atoms. The zero-order valence-corrected chi connectivity index (χ0v) is 9.16. The maximum Gasteiger partial charge on any atom is 0.227 e. The molecule has 1 N–H and O–H groups in total. The summed E-state index contributed by atoms with van der Waals surface area (Å²) in [6, 6.07) is 0. The van der Waals surface area contributed by atoms with Crippen molar-refractivity contribution in [2.75, 3.05) is 19.6 Å². The minimum atomic E-state index is -0.104. The van der Waals surface area contributed by atoms with Gasteiger partial charge in [0.1, 0.15) is 0 Å². The van der Waals surface area contributed by atoms with Crippen LogP contribution in [0.3, 0.4) is 0 Å². The van der Waals surface area contributed by atoms with Crippen LogP contribution in [0.25, 0.3) is 0 Å². The average Bonchev–Trinajstić information content (AvgIpc) is 2.84. The zero-order valence-electron chi connectivity index (χ0n) is 9.16. The fraction of sp³-hybridized carbons (Fsp3) is 0.818. The third-order valence-electron chi connectivity index (χ3n) is 3.50. The van der Waals surface area contributed by atoms with Crippen molar-refractivity contribution in [2.24, 2.45) is 11.8 Å². The minimum Gasteiger partial charge on any atom is -0.355 e. The summed E-state index contributed by atoms with van der Waals surface area (Å²) in [5.41, 5.74) is 0. The molecule has 2 fully saturated rings. The van der Waals surface area contributed by atoms with E-state index in [1.54, 1.807) is 0 Å². The third-order valence-corrected chi connectivity index (χ3v) is 3.50. The molecule has 84 valence electrons. The second kappa shape index (κ2) is 4.21. The van der Waals surface area contributed by atoms with Gasteiger partial charge in [-0.25, -0.2) is 0 Å². The molecule has 2 aliphatic rings. The summed E-state index contributed by atoms with van der Waals surface area (Å²) in [5.74, 6) is 0.746. The van der Waals surface area contributed by atoms with Gasteiger partial charge in [-0.05, 0) is 12.3 Å². The van der Waals surface area contributed by atoms with E-state index in [1.807, 2.05) is 4.90 Å². The molecule has 0 bridgehead atoms. The van der Waals surface area contributed by atoms with Crippen molar-refractivity contribution in [3.8, 4) is 0 Å². The molecule has 0 aromatic heterocycles. The molecule has 2 amide bonds. The van der Waals surface area contributed by atoms with E-state index >= 15 is 0 Å². The lowest BCUT2D eigenvalue weighted by atomic mass is 10.1. The van der Waals surface area contributed by atoms with Crippen LogP contribution in [0.1, 0.15) is 26.2 Å². The van der Waals surface area contributed by atoms with E-state index in [0.717, 1.165) is 25.9 Å². The summed E-state index contributed by atoms with van der Waals surface area (Å²) >= 11 is 0. The van der Waals surface area contributed by atoms with Crippen LogP contribution in [0.4, 0.5) is 0 Å². The Balaban J connectivity index is 1.89. The number of likely N-dealkylation sites (tertiary alicyclic amines) is 1. The summed E-state index contributed by atoms with van der Waals surface area (Å²) in [7, 11) is 0. The number of hydrogen-bond acceptors (Lipinski definition) is 2. The summed E-state index contributed by atoms with van der Waals surface area (Å²) < 4.78 is 0. The molecule has 0 aromatic rings. The van der Waals surface area contributed by atoms with Crippen LogP contribution in [-0.2, 0) is 9.59 Å². The molecular formula is C11H18N2O2. The summed E-state index contributed by atoms with van der Waals surface area (Å²) in [6.45, 7) is 4.46. The van der Waals surface area contributed by atoms with Gasteiger partial charge in [-0.1, -0.05) is 13.3 Å². The maximum absolute atomic E-state index is 12.0. The number of hydrogen-bond donors (Lipinski definition) is 1. The van der Waals surface area contributed by atoms with E-state index in [-0.39, 0.29) is 17.7 Å². The molecule has 2 saturated heterocycles. The van der Waals surface area contributed by atoms with Crippen LogP contribution in [-0.4, -0.2) is 36.3 Å². The SMILES string of the molecule is CCC1CCN(C(=O)C2CNC(=O)C2)C1. The fourth-order valence-corrected chi connectivity index (χ4v) is 2.40. The van der Waals surface area contributed by atoms with Crippen LogP contribution < -0.4 is 5.32 Å². The Labute approximate surface area is 90.0 Å². The van der Waals surface area contributed by atoms with Crippen molar-refractivity contribution in [3.05, 3.63) is 0 Å². The Morgan fingerprint density at radius 2 is 2.40 bits per heavy atom. The highest BCUT2D eigenvalue weighted by Crippen LogP contribution is 2.22. The van der Waals surface area contributed by atoms with Gasteiger partial charge in [0.25, 0.3) is 0 Å². The molecular weight excluding hydrogens is 192 g/mol. The molecule has 0 aliphatic carbocycles. The van der Waals surface area contributed by atoms with Gasteiger partial charge < -0.3 is 10.2 Å². The smallest absolute Gasteiger partial charge is 0.227 e. The standard InChI is InChI=1S/C11H18N2O2/c1-2-8-3-4-13(7-8)11(15)9-5-10(14)12-6-9/h8-9H,2-7H2,1H3,(H,12,14). The van der Waals surface area contributed by atoms with Crippen molar-refractivity contribution in [2.45, 2.75) is 26.2 Å². The Hall–Kier alpha value is -1.06. The quantitative estimate of drug-likeness (QED) is 0.716. The Bertz CT molecular complexity index is 278. The van der Waals surface area contributed by atoms with Crippen molar-refractivity contribution in [1.29, 1.82) is 0 Å². The minimum absolute atomic E-state index is 0.0135. The zero-order chi connectivity index (χ0) is 10.8. The summed E-state index contributed by atoms with van der Waals surface area (Å²) in [5, 5.41) is 2.71. The first-order chi connectivity index (χ1) is 7.20. The molecule has 4 nitrogen and oxygen atoms in total. The first-order valence-electron chi connectivity index (χ1n) is 5.76. The van der Waals surface area contributed by atoms with Gasteiger partial charge in [0.05, 0.1) is 5.92 Å². The molecule has 4 heteroatoms. The number of amides is 2. The molecule has 2 aliphatic heterocycles. The lowest BCUT2D eigenvalue weighted by Crippen LogP contribution is -2.35. The van der Waals surface area contributed by atoms with E-state index in [1.165, 1.54) is 0 Å². The highest BCUT2D eigenvalue weighted by Gasteiger charge is 2.34. The highest BCUT2D eigenvalue weighted by atomic mass is 16.2. The van der Waals surface area contributed by atoms with E-state index in [2.05, 4.69) is 12.2 Å². The molecule has 2 unspecified atom stereocenters. The largest absolute Gasteiger partial charge is 0.355 e. The van der Waals surface area contributed by atoms with Crippen LogP contribution in [0.2, 0.25) is 0 Å². The summed E-state index contributed by atoms with van der Waals surface area (Å²) in [6.07, 6.45) is 2.65. The fourth-order valence-electron chi connectivity index (χ4n) is 2.40.